The Morgan fingerprint density at radius 2 is 2.11 bits per heavy atom. The van der Waals surface area contributed by atoms with Crippen molar-refractivity contribution < 1.29 is 4.42 Å². The minimum Gasteiger partial charge on any atom is -0.421 e. The van der Waals surface area contributed by atoms with Crippen LogP contribution in [-0.2, 0) is 0 Å². The topological polar surface area (TPSA) is 51.0 Å². The Balaban J connectivity index is 1.80. The highest BCUT2D eigenvalue weighted by Gasteiger charge is 2.18. The van der Waals surface area contributed by atoms with Gasteiger partial charge in [-0.05, 0) is 30.9 Å². The Kier molecular flexibility index (Phi) is 3.00. The molecule has 0 radical (unpaired) electrons. The molecule has 1 aromatic heterocycles. The molecule has 0 saturated heterocycles. The van der Waals surface area contributed by atoms with Crippen molar-refractivity contribution in [2.45, 2.75) is 26.2 Å². The molecular weight excluding hydrogens is 226 g/mol. The van der Waals surface area contributed by atoms with Crippen LogP contribution in [-0.4, -0.2) is 16.7 Å². The van der Waals surface area contributed by atoms with Crippen molar-refractivity contribution >= 4 is 5.69 Å². The largest absolute Gasteiger partial charge is 0.421 e. The molecule has 2 aromatic rings. The molecule has 4 nitrogen and oxygen atoms in total. The number of hydrogen-bond acceptors (Lipinski definition) is 4. The molecule has 1 aliphatic rings. The first kappa shape index (κ1) is 11.3. The smallest absolute Gasteiger partial charge is 0.249 e. The monoisotopic (exact) mass is 243 g/mol. The highest BCUT2D eigenvalue weighted by Crippen LogP contribution is 2.30. The van der Waals surface area contributed by atoms with E-state index in [9.17, 15) is 0 Å². The molecule has 3 rings (SSSR count). The van der Waals surface area contributed by atoms with Crippen LogP contribution in [0.4, 0.5) is 5.69 Å². The Morgan fingerprint density at radius 3 is 2.78 bits per heavy atom. The van der Waals surface area contributed by atoms with E-state index in [4.69, 9.17) is 4.42 Å². The van der Waals surface area contributed by atoms with Crippen LogP contribution < -0.4 is 5.32 Å². The van der Waals surface area contributed by atoms with Crippen molar-refractivity contribution in [3.8, 4) is 11.5 Å². The fourth-order valence-corrected chi connectivity index (χ4v) is 2.18. The van der Waals surface area contributed by atoms with Gasteiger partial charge < -0.3 is 9.73 Å². The predicted molar refractivity (Wildman–Crippen MR) is 70.3 cm³/mol. The van der Waals surface area contributed by atoms with Crippen LogP contribution in [0.5, 0.6) is 0 Å². The van der Waals surface area contributed by atoms with Crippen molar-refractivity contribution in [1.82, 2.24) is 10.2 Å². The van der Waals surface area contributed by atoms with Gasteiger partial charge in [-0.2, -0.15) is 0 Å². The third-order valence-electron chi connectivity index (χ3n) is 3.49. The van der Waals surface area contributed by atoms with Crippen LogP contribution in [0.25, 0.3) is 11.5 Å². The Hall–Kier alpha value is -1.84. The quantitative estimate of drug-likeness (QED) is 0.895. The molecule has 1 N–H and O–H groups in total. The number of benzene rings is 1. The number of nitrogens with zero attached hydrogens (tertiary/aromatic N) is 2. The minimum atomic E-state index is 0.587. The zero-order valence-electron chi connectivity index (χ0n) is 10.5. The number of nitrogens with one attached hydrogen (secondary N) is 1. The molecular formula is C14H17N3O. The van der Waals surface area contributed by atoms with Crippen LogP contribution in [0.2, 0.25) is 0 Å². The van der Waals surface area contributed by atoms with Crippen molar-refractivity contribution in [1.29, 1.82) is 0 Å². The molecule has 1 fully saturated rings. The zero-order chi connectivity index (χ0) is 12.4. The highest BCUT2D eigenvalue weighted by atomic mass is 16.4. The van der Waals surface area contributed by atoms with Gasteiger partial charge in [-0.1, -0.05) is 18.6 Å². The fraction of sp³-hybridized carbons (Fsp3) is 0.429. The number of anilines is 1. The first-order chi connectivity index (χ1) is 8.83. The summed E-state index contributed by atoms with van der Waals surface area (Å²) in [6.07, 6.45) is 4.06. The van der Waals surface area contributed by atoms with Crippen LogP contribution in [0.15, 0.2) is 28.7 Å². The third-order valence-corrected chi connectivity index (χ3v) is 3.49. The normalized spacial score (nSPS) is 15.4. The second-order valence-electron chi connectivity index (χ2n) is 4.85. The van der Waals surface area contributed by atoms with E-state index in [1.54, 1.807) is 6.92 Å². The second-order valence-corrected chi connectivity index (χ2v) is 4.85. The van der Waals surface area contributed by atoms with E-state index in [2.05, 4.69) is 21.6 Å². The van der Waals surface area contributed by atoms with E-state index in [1.165, 1.54) is 19.3 Å². The average molecular weight is 243 g/mol. The molecule has 0 bridgehead atoms. The summed E-state index contributed by atoms with van der Waals surface area (Å²) >= 11 is 0. The van der Waals surface area contributed by atoms with Gasteiger partial charge in [0, 0.05) is 19.2 Å². The summed E-state index contributed by atoms with van der Waals surface area (Å²) in [5, 5.41) is 11.5. The minimum absolute atomic E-state index is 0.587. The average Bonchev–Trinajstić information content (AvgIpc) is 2.74. The lowest BCUT2D eigenvalue weighted by molar-refractivity contribution is 0.333. The first-order valence-corrected chi connectivity index (χ1v) is 6.46. The molecule has 94 valence electrons. The van der Waals surface area contributed by atoms with Gasteiger partial charge in [0.25, 0.3) is 0 Å². The summed E-state index contributed by atoms with van der Waals surface area (Å²) in [7, 11) is 0. The summed E-state index contributed by atoms with van der Waals surface area (Å²) < 4.78 is 5.50. The maximum absolute atomic E-state index is 5.50. The molecule has 1 saturated carbocycles. The van der Waals surface area contributed by atoms with Crippen molar-refractivity contribution in [3.63, 3.8) is 0 Å². The van der Waals surface area contributed by atoms with Crippen LogP contribution in [0.1, 0.15) is 25.2 Å². The van der Waals surface area contributed by atoms with Gasteiger partial charge in [0.05, 0.1) is 5.56 Å². The predicted octanol–water partition coefficient (Wildman–Crippen LogP) is 3.26. The summed E-state index contributed by atoms with van der Waals surface area (Å²) in [5.74, 6) is 2.01. The standard InChI is InChI=1S/C14H17N3O/c1-10-16-17-14(18-10)12-7-2-3-8-13(12)15-9-11-5-4-6-11/h2-3,7-8,11,15H,4-6,9H2,1H3. The first-order valence-electron chi connectivity index (χ1n) is 6.46. The molecule has 0 atom stereocenters. The van der Waals surface area contributed by atoms with E-state index < -0.39 is 0 Å². The molecule has 0 spiro atoms. The van der Waals surface area contributed by atoms with Gasteiger partial charge in [-0.25, -0.2) is 0 Å². The Labute approximate surface area is 106 Å². The highest BCUT2D eigenvalue weighted by molar-refractivity contribution is 5.72. The molecule has 18 heavy (non-hydrogen) atoms. The molecule has 0 unspecified atom stereocenters. The van der Waals surface area contributed by atoms with E-state index in [1.807, 2.05) is 18.2 Å². The van der Waals surface area contributed by atoms with Gasteiger partial charge in [0.15, 0.2) is 0 Å². The Morgan fingerprint density at radius 1 is 1.28 bits per heavy atom. The summed E-state index contributed by atoms with van der Waals surface area (Å²) in [6, 6.07) is 8.09. The van der Waals surface area contributed by atoms with E-state index >= 15 is 0 Å². The van der Waals surface area contributed by atoms with Crippen molar-refractivity contribution in [2.75, 3.05) is 11.9 Å². The molecule has 0 aliphatic heterocycles. The van der Waals surface area contributed by atoms with Gasteiger partial charge in [-0.3, -0.25) is 0 Å². The number of hydrogen-bond donors (Lipinski definition) is 1. The molecule has 0 amide bonds. The van der Waals surface area contributed by atoms with E-state index in [0.29, 0.717) is 11.8 Å². The van der Waals surface area contributed by atoms with Gasteiger partial charge in [-0.15, -0.1) is 10.2 Å². The van der Waals surface area contributed by atoms with E-state index in [-0.39, 0.29) is 0 Å². The lowest BCUT2D eigenvalue weighted by Crippen LogP contribution is -2.21. The lowest BCUT2D eigenvalue weighted by atomic mass is 9.85. The second kappa shape index (κ2) is 4.80. The van der Waals surface area contributed by atoms with Gasteiger partial charge in [0.2, 0.25) is 11.8 Å². The van der Waals surface area contributed by atoms with Crippen molar-refractivity contribution in [2.24, 2.45) is 5.92 Å². The van der Waals surface area contributed by atoms with Crippen LogP contribution >= 0.6 is 0 Å². The number of para-hydroxylation sites is 1. The van der Waals surface area contributed by atoms with Crippen LogP contribution in [0.3, 0.4) is 0 Å². The number of aryl methyl sites for hydroxylation is 1. The molecule has 4 heteroatoms. The van der Waals surface area contributed by atoms with Crippen molar-refractivity contribution in [3.05, 3.63) is 30.2 Å². The van der Waals surface area contributed by atoms with Gasteiger partial charge in [0.1, 0.15) is 0 Å². The summed E-state index contributed by atoms with van der Waals surface area (Å²) in [5.41, 5.74) is 2.06. The van der Waals surface area contributed by atoms with Gasteiger partial charge >= 0.3 is 0 Å². The SMILES string of the molecule is Cc1nnc(-c2ccccc2NCC2CCC2)o1. The third kappa shape index (κ3) is 2.23. The fourth-order valence-electron chi connectivity index (χ4n) is 2.18. The lowest BCUT2D eigenvalue weighted by Gasteiger charge is -2.26. The number of rotatable bonds is 4. The summed E-state index contributed by atoms with van der Waals surface area (Å²) in [4.78, 5) is 0. The maximum atomic E-state index is 5.50. The summed E-state index contributed by atoms with van der Waals surface area (Å²) in [6.45, 7) is 2.84. The number of aromatic nitrogens is 2. The van der Waals surface area contributed by atoms with E-state index in [0.717, 1.165) is 23.7 Å². The molecule has 1 heterocycles. The Bertz CT molecular complexity index is 531. The zero-order valence-corrected chi connectivity index (χ0v) is 10.5. The van der Waals surface area contributed by atoms with Crippen LogP contribution in [0, 0.1) is 12.8 Å². The molecule has 1 aliphatic carbocycles. The maximum Gasteiger partial charge on any atom is 0.249 e. The molecule has 1 aromatic carbocycles.